The molecular weight excluding hydrogens is 283 g/mol. The monoisotopic (exact) mass is 294 g/mol. The van der Waals surface area contributed by atoms with Gasteiger partial charge in [-0.1, -0.05) is 11.6 Å². The summed E-state index contributed by atoms with van der Waals surface area (Å²) in [5.74, 6) is -0.127. The summed E-state index contributed by atoms with van der Waals surface area (Å²) in [5.41, 5.74) is 1.02. The van der Waals surface area contributed by atoms with Crippen LogP contribution in [-0.4, -0.2) is 10.9 Å². The van der Waals surface area contributed by atoms with E-state index in [1.54, 1.807) is 6.26 Å². The maximum absolute atomic E-state index is 13.2. The summed E-state index contributed by atoms with van der Waals surface area (Å²) in [4.78, 5) is 15.8. The second-order valence-electron chi connectivity index (χ2n) is 4.71. The molecule has 0 fully saturated rings. The van der Waals surface area contributed by atoms with E-state index in [1.165, 1.54) is 0 Å². The molecule has 0 saturated carbocycles. The van der Waals surface area contributed by atoms with Crippen molar-refractivity contribution in [2.24, 2.45) is 0 Å². The Morgan fingerprint density at radius 3 is 3.25 bits per heavy atom. The van der Waals surface area contributed by atoms with E-state index in [0.29, 0.717) is 0 Å². The van der Waals surface area contributed by atoms with Crippen LogP contribution in [0.25, 0.3) is 0 Å². The van der Waals surface area contributed by atoms with Gasteiger partial charge in [0.15, 0.2) is 0 Å². The largest absolute Gasteiger partial charge is 0.469 e. The van der Waals surface area contributed by atoms with E-state index in [2.05, 4.69) is 10.3 Å². The molecule has 0 saturated heterocycles. The normalized spacial score (nSPS) is 17.6. The molecule has 1 amide bonds. The average Bonchev–Trinajstić information content (AvgIpc) is 2.91. The number of halogens is 2. The fourth-order valence-electron chi connectivity index (χ4n) is 2.45. The zero-order chi connectivity index (χ0) is 14.1. The van der Waals surface area contributed by atoms with Crippen molar-refractivity contribution in [1.82, 2.24) is 10.3 Å². The highest BCUT2D eigenvalue weighted by Gasteiger charge is 2.25. The fourth-order valence-corrected chi connectivity index (χ4v) is 2.64. The number of nitrogens with zero attached hydrogens (tertiary/aromatic N) is 1. The summed E-state index contributed by atoms with van der Waals surface area (Å²) >= 11 is 5.83. The Morgan fingerprint density at radius 1 is 1.55 bits per heavy atom. The third-order valence-electron chi connectivity index (χ3n) is 3.41. The van der Waals surface area contributed by atoms with Gasteiger partial charge in [0.2, 0.25) is 0 Å². The summed E-state index contributed by atoms with van der Waals surface area (Å²) in [5, 5.41) is 2.85. The Balaban J connectivity index is 1.82. The van der Waals surface area contributed by atoms with Gasteiger partial charge in [-0.05, 0) is 25.0 Å². The second kappa shape index (κ2) is 5.25. The number of furan rings is 1. The molecule has 104 valence electrons. The maximum Gasteiger partial charge on any atom is 0.254 e. The van der Waals surface area contributed by atoms with Gasteiger partial charge in [-0.3, -0.25) is 4.79 Å². The predicted molar refractivity (Wildman–Crippen MR) is 71.1 cm³/mol. The van der Waals surface area contributed by atoms with Gasteiger partial charge in [0.05, 0.1) is 24.1 Å². The lowest BCUT2D eigenvalue weighted by Gasteiger charge is -2.22. The first-order valence-corrected chi connectivity index (χ1v) is 6.71. The number of carbonyl (C=O) groups is 1. The van der Waals surface area contributed by atoms with Crippen LogP contribution < -0.4 is 5.32 Å². The number of aromatic nitrogens is 1. The first kappa shape index (κ1) is 13.1. The average molecular weight is 295 g/mol. The Labute approximate surface area is 120 Å². The highest BCUT2D eigenvalue weighted by molar-refractivity contribution is 6.32. The van der Waals surface area contributed by atoms with Crippen molar-refractivity contribution in [2.45, 2.75) is 25.3 Å². The molecule has 1 atom stereocenters. The summed E-state index contributed by atoms with van der Waals surface area (Å²) in [6.45, 7) is 0. The van der Waals surface area contributed by atoms with E-state index in [-0.39, 0.29) is 16.8 Å². The molecule has 3 rings (SSSR count). The van der Waals surface area contributed by atoms with E-state index < -0.39 is 11.7 Å². The summed E-state index contributed by atoms with van der Waals surface area (Å²) < 4.78 is 18.5. The third-order valence-corrected chi connectivity index (χ3v) is 3.71. The molecule has 4 nitrogen and oxygen atoms in total. The molecule has 0 aliphatic heterocycles. The van der Waals surface area contributed by atoms with E-state index in [0.717, 1.165) is 42.8 Å². The first-order valence-electron chi connectivity index (χ1n) is 6.33. The minimum absolute atomic E-state index is 0.00729. The number of aryl methyl sites for hydroxylation is 1. The molecule has 0 spiro atoms. The van der Waals surface area contributed by atoms with Crippen LogP contribution in [0, 0.1) is 5.82 Å². The van der Waals surface area contributed by atoms with Crippen LogP contribution in [-0.2, 0) is 6.42 Å². The predicted octanol–water partition coefficient (Wildman–Crippen LogP) is 3.27. The van der Waals surface area contributed by atoms with Gasteiger partial charge in [-0.15, -0.1) is 0 Å². The fraction of sp³-hybridized carbons (Fsp3) is 0.286. The third kappa shape index (κ3) is 2.41. The van der Waals surface area contributed by atoms with Crippen molar-refractivity contribution in [3.63, 3.8) is 0 Å². The van der Waals surface area contributed by atoms with Crippen molar-refractivity contribution in [2.75, 3.05) is 0 Å². The molecule has 20 heavy (non-hydrogen) atoms. The van der Waals surface area contributed by atoms with Crippen molar-refractivity contribution in [3.05, 3.63) is 52.5 Å². The van der Waals surface area contributed by atoms with Crippen LogP contribution in [0.3, 0.4) is 0 Å². The van der Waals surface area contributed by atoms with Gasteiger partial charge in [0.25, 0.3) is 5.91 Å². The van der Waals surface area contributed by atoms with Crippen LogP contribution in [0.15, 0.2) is 29.0 Å². The number of hydrogen-bond donors (Lipinski definition) is 1. The molecule has 0 bridgehead atoms. The number of amides is 1. The van der Waals surface area contributed by atoms with Crippen LogP contribution >= 0.6 is 11.6 Å². The van der Waals surface area contributed by atoms with Crippen molar-refractivity contribution < 1.29 is 13.6 Å². The standard InChI is InChI=1S/C14H12ClFN2O2/c15-13-10(6-8(16)7-17-13)14(19)18-11-2-1-3-12-9(11)4-5-20-12/h4-7,11H,1-3H2,(H,18,19). The lowest BCUT2D eigenvalue weighted by molar-refractivity contribution is 0.0931. The van der Waals surface area contributed by atoms with Crippen LogP contribution in [0.5, 0.6) is 0 Å². The van der Waals surface area contributed by atoms with Gasteiger partial charge in [0, 0.05) is 12.0 Å². The van der Waals surface area contributed by atoms with Crippen LogP contribution in [0.2, 0.25) is 5.15 Å². The molecule has 1 unspecified atom stereocenters. The number of pyridine rings is 1. The lowest BCUT2D eigenvalue weighted by atomic mass is 9.93. The Kier molecular flexibility index (Phi) is 3.44. The Bertz CT molecular complexity index is 656. The van der Waals surface area contributed by atoms with E-state index in [4.69, 9.17) is 16.0 Å². The molecule has 2 aromatic heterocycles. The molecule has 2 heterocycles. The zero-order valence-corrected chi connectivity index (χ0v) is 11.3. The molecule has 0 aromatic carbocycles. The van der Waals surface area contributed by atoms with E-state index >= 15 is 0 Å². The van der Waals surface area contributed by atoms with Crippen LogP contribution in [0.1, 0.15) is 40.6 Å². The summed E-state index contributed by atoms with van der Waals surface area (Å²) in [6, 6.07) is 2.80. The maximum atomic E-state index is 13.2. The van der Waals surface area contributed by atoms with Gasteiger partial charge in [0.1, 0.15) is 16.7 Å². The highest BCUT2D eigenvalue weighted by atomic mass is 35.5. The smallest absolute Gasteiger partial charge is 0.254 e. The van der Waals surface area contributed by atoms with Crippen LogP contribution in [0.4, 0.5) is 4.39 Å². The Morgan fingerprint density at radius 2 is 2.40 bits per heavy atom. The minimum atomic E-state index is -0.591. The summed E-state index contributed by atoms with van der Waals surface area (Å²) in [7, 11) is 0. The molecule has 1 N–H and O–H groups in total. The van der Waals surface area contributed by atoms with Crippen molar-refractivity contribution in [3.8, 4) is 0 Å². The molecule has 6 heteroatoms. The quantitative estimate of drug-likeness (QED) is 0.865. The number of hydrogen-bond acceptors (Lipinski definition) is 3. The lowest BCUT2D eigenvalue weighted by Crippen LogP contribution is -2.30. The molecule has 2 aromatic rings. The highest BCUT2D eigenvalue weighted by Crippen LogP contribution is 2.30. The number of carbonyl (C=O) groups excluding carboxylic acids is 1. The van der Waals surface area contributed by atoms with Gasteiger partial charge in [-0.2, -0.15) is 0 Å². The van der Waals surface area contributed by atoms with Crippen molar-refractivity contribution >= 4 is 17.5 Å². The topological polar surface area (TPSA) is 55.1 Å². The molecule has 0 radical (unpaired) electrons. The molecular formula is C14H12ClFN2O2. The molecule has 1 aliphatic carbocycles. The summed E-state index contributed by atoms with van der Waals surface area (Å²) in [6.07, 6.45) is 5.22. The number of nitrogens with one attached hydrogen (secondary N) is 1. The van der Waals surface area contributed by atoms with E-state index in [1.807, 2.05) is 6.07 Å². The number of rotatable bonds is 2. The number of fused-ring (bicyclic) bond motifs is 1. The Hall–Kier alpha value is -1.88. The second-order valence-corrected chi connectivity index (χ2v) is 5.07. The first-order chi connectivity index (χ1) is 9.65. The zero-order valence-electron chi connectivity index (χ0n) is 10.5. The van der Waals surface area contributed by atoms with Gasteiger partial charge in [-0.25, -0.2) is 9.37 Å². The SMILES string of the molecule is O=C(NC1CCCc2occc21)c1cc(F)cnc1Cl. The molecule has 1 aliphatic rings. The minimum Gasteiger partial charge on any atom is -0.469 e. The van der Waals surface area contributed by atoms with E-state index in [9.17, 15) is 9.18 Å². The van der Waals surface area contributed by atoms with Gasteiger partial charge < -0.3 is 9.73 Å². The van der Waals surface area contributed by atoms with Gasteiger partial charge >= 0.3 is 0 Å². The van der Waals surface area contributed by atoms with Crippen molar-refractivity contribution in [1.29, 1.82) is 0 Å².